The first-order chi connectivity index (χ1) is 16.4. The van der Waals surface area contributed by atoms with Crippen molar-refractivity contribution in [2.75, 3.05) is 23.0 Å². The summed E-state index contributed by atoms with van der Waals surface area (Å²) in [4.78, 5) is 25.0. The standard InChI is InChI=1S/C25H29N5O3S/c1-5-11-30-22(15-23(31)26-19-7-9-21(10-8-19)33-6-2)28-29-25(30)34-16-24(32)27-20-13-17(3)12-18(4)14-20/h5,7-10,12-14H,1,6,11,15-16H2,2-4H3,(H,26,31)(H,27,32). The van der Waals surface area contributed by atoms with Crippen LogP contribution in [0.1, 0.15) is 23.9 Å². The average Bonchev–Trinajstić information content (AvgIpc) is 3.14. The van der Waals surface area contributed by atoms with Gasteiger partial charge in [0.2, 0.25) is 11.8 Å². The number of hydrogen-bond acceptors (Lipinski definition) is 6. The van der Waals surface area contributed by atoms with E-state index < -0.39 is 0 Å². The van der Waals surface area contributed by atoms with Crippen LogP contribution >= 0.6 is 11.8 Å². The van der Waals surface area contributed by atoms with Crippen molar-refractivity contribution in [2.24, 2.45) is 0 Å². The molecule has 3 aromatic rings. The molecule has 178 valence electrons. The Balaban J connectivity index is 1.60. The third-order valence-electron chi connectivity index (χ3n) is 4.71. The van der Waals surface area contributed by atoms with Gasteiger partial charge in [0, 0.05) is 17.9 Å². The summed E-state index contributed by atoms with van der Waals surface area (Å²) < 4.78 is 7.21. The van der Waals surface area contributed by atoms with Crippen LogP contribution in [0.5, 0.6) is 5.75 Å². The molecule has 0 aliphatic carbocycles. The van der Waals surface area contributed by atoms with Crippen molar-refractivity contribution in [3.63, 3.8) is 0 Å². The van der Waals surface area contributed by atoms with Crippen LogP contribution in [0.15, 0.2) is 60.3 Å². The maximum Gasteiger partial charge on any atom is 0.234 e. The monoisotopic (exact) mass is 479 g/mol. The van der Waals surface area contributed by atoms with Crippen LogP contribution in [-0.2, 0) is 22.6 Å². The predicted molar refractivity (Wildman–Crippen MR) is 135 cm³/mol. The largest absolute Gasteiger partial charge is 0.494 e. The summed E-state index contributed by atoms with van der Waals surface area (Å²) in [6.45, 7) is 10.7. The van der Waals surface area contributed by atoms with Gasteiger partial charge < -0.3 is 19.9 Å². The number of thioether (sulfide) groups is 1. The van der Waals surface area contributed by atoms with E-state index in [0.717, 1.165) is 22.6 Å². The molecule has 0 bridgehead atoms. The first-order valence-corrected chi connectivity index (χ1v) is 11.9. The van der Waals surface area contributed by atoms with Gasteiger partial charge >= 0.3 is 0 Å². The van der Waals surface area contributed by atoms with Crippen molar-refractivity contribution < 1.29 is 14.3 Å². The highest BCUT2D eigenvalue weighted by atomic mass is 32.2. The third kappa shape index (κ3) is 7.21. The number of hydrogen-bond donors (Lipinski definition) is 2. The molecular formula is C25H29N5O3S. The summed E-state index contributed by atoms with van der Waals surface area (Å²) in [5.74, 6) is 1.06. The molecule has 0 saturated heterocycles. The lowest BCUT2D eigenvalue weighted by molar-refractivity contribution is -0.116. The molecule has 0 aliphatic rings. The van der Waals surface area contributed by atoms with Crippen LogP contribution in [0.25, 0.3) is 0 Å². The van der Waals surface area contributed by atoms with Gasteiger partial charge in [-0.25, -0.2) is 0 Å². The van der Waals surface area contributed by atoms with Crippen LogP contribution in [0.3, 0.4) is 0 Å². The fraction of sp³-hybridized carbons (Fsp3) is 0.280. The topological polar surface area (TPSA) is 98.1 Å². The molecule has 0 aliphatic heterocycles. The highest BCUT2D eigenvalue weighted by molar-refractivity contribution is 7.99. The third-order valence-corrected chi connectivity index (χ3v) is 5.68. The number of nitrogens with zero attached hydrogens (tertiary/aromatic N) is 3. The highest BCUT2D eigenvalue weighted by Gasteiger charge is 2.16. The first kappa shape index (κ1) is 25.0. The summed E-state index contributed by atoms with van der Waals surface area (Å²) in [7, 11) is 0. The molecule has 0 atom stereocenters. The number of carbonyl (C=O) groups excluding carboxylic acids is 2. The van der Waals surface area contributed by atoms with Gasteiger partial charge in [-0.1, -0.05) is 23.9 Å². The second-order valence-corrected chi connectivity index (χ2v) is 8.64. The van der Waals surface area contributed by atoms with Gasteiger partial charge in [-0.3, -0.25) is 9.59 Å². The van der Waals surface area contributed by atoms with Gasteiger partial charge in [-0.2, -0.15) is 0 Å². The lowest BCUT2D eigenvalue weighted by Crippen LogP contribution is -2.18. The quantitative estimate of drug-likeness (QED) is 0.313. The van der Waals surface area contributed by atoms with Gasteiger partial charge in [-0.15, -0.1) is 16.8 Å². The minimum Gasteiger partial charge on any atom is -0.494 e. The number of amides is 2. The average molecular weight is 480 g/mol. The zero-order valence-electron chi connectivity index (χ0n) is 19.6. The van der Waals surface area contributed by atoms with E-state index in [1.165, 1.54) is 11.8 Å². The smallest absolute Gasteiger partial charge is 0.234 e. The molecule has 2 amide bonds. The molecular weight excluding hydrogens is 450 g/mol. The number of rotatable bonds is 11. The van der Waals surface area contributed by atoms with E-state index in [4.69, 9.17) is 4.74 Å². The van der Waals surface area contributed by atoms with Crippen LogP contribution in [0, 0.1) is 13.8 Å². The predicted octanol–water partition coefficient (Wildman–Crippen LogP) is 4.39. The van der Waals surface area contributed by atoms with Crippen molar-refractivity contribution in [1.82, 2.24) is 14.8 Å². The summed E-state index contributed by atoms with van der Waals surface area (Å²) in [6, 6.07) is 13.1. The molecule has 0 fully saturated rings. The summed E-state index contributed by atoms with van der Waals surface area (Å²) in [5, 5.41) is 14.7. The number of ether oxygens (including phenoxy) is 1. The second kappa shape index (κ2) is 12.0. The summed E-state index contributed by atoms with van der Waals surface area (Å²) >= 11 is 1.26. The zero-order valence-corrected chi connectivity index (χ0v) is 20.4. The van der Waals surface area contributed by atoms with E-state index in [0.29, 0.717) is 29.8 Å². The number of aromatic nitrogens is 3. The Morgan fingerprint density at radius 3 is 2.35 bits per heavy atom. The molecule has 1 aromatic heterocycles. The van der Waals surface area contributed by atoms with Gasteiger partial charge in [0.15, 0.2) is 5.16 Å². The number of aryl methyl sites for hydroxylation is 2. The lowest BCUT2D eigenvalue weighted by atomic mass is 10.1. The fourth-order valence-corrected chi connectivity index (χ4v) is 4.16. The van der Waals surface area contributed by atoms with Crippen LogP contribution in [-0.4, -0.2) is 38.9 Å². The second-order valence-electron chi connectivity index (χ2n) is 7.69. The van der Waals surface area contributed by atoms with Gasteiger partial charge in [0.05, 0.1) is 18.8 Å². The molecule has 8 nitrogen and oxygen atoms in total. The Bertz CT molecular complexity index is 1140. The maximum atomic E-state index is 12.6. The van der Waals surface area contributed by atoms with Crippen molar-refractivity contribution >= 4 is 35.0 Å². The minimum atomic E-state index is -0.217. The molecule has 3 rings (SSSR count). The van der Waals surface area contributed by atoms with Gasteiger partial charge in [-0.05, 0) is 68.3 Å². The Morgan fingerprint density at radius 1 is 1.03 bits per heavy atom. The first-order valence-electron chi connectivity index (χ1n) is 10.9. The van der Waals surface area contributed by atoms with Crippen molar-refractivity contribution in [3.8, 4) is 5.75 Å². The van der Waals surface area contributed by atoms with Crippen LogP contribution in [0.2, 0.25) is 0 Å². The molecule has 9 heteroatoms. The van der Waals surface area contributed by atoms with Crippen LogP contribution in [0.4, 0.5) is 11.4 Å². The summed E-state index contributed by atoms with van der Waals surface area (Å²) in [6.07, 6.45) is 1.75. The molecule has 2 aromatic carbocycles. The molecule has 34 heavy (non-hydrogen) atoms. The van der Waals surface area contributed by atoms with E-state index in [1.807, 2.05) is 32.9 Å². The Kier molecular flexibility index (Phi) is 8.86. The Hall–Kier alpha value is -3.59. The number of nitrogens with one attached hydrogen (secondary N) is 2. The van der Waals surface area contributed by atoms with Crippen molar-refractivity contribution in [1.29, 1.82) is 0 Å². The number of carbonyl (C=O) groups is 2. The maximum absolute atomic E-state index is 12.6. The highest BCUT2D eigenvalue weighted by Crippen LogP contribution is 2.20. The molecule has 2 N–H and O–H groups in total. The zero-order chi connectivity index (χ0) is 24.5. The number of allylic oxidation sites excluding steroid dienone is 1. The van der Waals surface area contributed by atoms with Gasteiger partial charge in [0.1, 0.15) is 11.6 Å². The van der Waals surface area contributed by atoms with E-state index in [2.05, 4.69) is 33.5 Å². The fourth-order valence-electron chi connectivity index (χ4n) is 3.39. The van der Waals surface area contributed by atoms with E-state index >= 15 is 0 Å². The Morgan fingerprint density at radius 2 is 1.71 bits per heavy atom. The molecule has 0 radical (unpaired) electrons. The van der Waals surface area contributed by atoms with Crippen LogP contribution < -0.4 is 15.4 Å². The van der Waals surface area contributed by atoms with Crippen molar-refractivity contribution in [3.05, 3.63) is 72.1 Å². The molecule has 0 unspecified atom stereocenters. The molecule has 0 saturated carbocycles. The number of benzene rings is 2. The Labute approximate surface area is 203 Å². The normalized spacial score (nSPS) is 10.6. The SMILES string of the molecule is C=CCn1c(CC(=O)Nc2ccc(OCC)cc2)nnc1SCC(=O)Nc1cc(C)cc(C)c1. The summed E-state index contributed by atoms with van der Waals surface area (Å²) in [5.41, 5.74) is 3.60. The lowest BCUT2D eigenvalue weighted by Gasteiger charge is -2.10. The van der Waals surface area contributed by atoms with E-state index in [-0.39, 0.29) is 24.0 Å². The number of anilines is 2. The molecule has 0 spiro atoms. The molecule has 1 heterocycles. The van der Waals surface area contributed by atoms with Gasteiger partial charge in [0.25, 0.3) is 0 Å². The van der Waals surface area contributed by atoms with Crippen molar-refractivity contribution in [2.45, 2.75) is 38.9 Å². The van der Waals surface area contributed by atoms with E-state index in [1.54, 1.807) is 34.9 Å². The van der Waals surface area contributed by atoms with E-state index in [9.17, 15) is 9.59 Å². The minimum absolute atomic E-state index is 0.0450.